The van der Waals surface area contributed by atoms with Gasteiger partial charge in [-0.15, -0.1) is 0 Å². The van der Waals surface area contributed by atoms with E-state index in [-0.39, 0.29) is 0 Å². The van der Waals surface area contributed by atoms with Crippen LogP contribution in [0.3, 0.4) is 0 Å². The molecule has 0 aliphatic carbocycles. The Hall–Kier alpha value is -1.58. The molecule has 2 N–H and O–H groups in total. The quantitative estimate of drug-likeness (QED) is 0.511. The summed E-state index contributed by atoms with van der Waals surface area (Å²) in [5.74, 6) is 0. The molecule has 0 bridgehead atoms. The molecule has 0 saturated carbocycles. The molecule has 0 unspecified atom stereocenters. The molecule has 0 aliphatic heterocycles. The lowest BCUT2D eigenvalue weighted by molar-refractivity contribution is 0.478. The van der Waals surface area contributed by atoms with Gasteiger partial charge in [-0.1, -0.05) is 5.57 Å². The summed E-state index contributed by atoms with van der Waals surface area (Å²) >= 11 is 0. The molecule has 0 heterocycles. The molecule has 0 radical (unpaired) electrons. The van der Waals surface area contributed by atoms with Crippen LogP contribution in [-0.2, 0) is 0 Å². The third-order valence-electron chi connectivity index (χ3n) is 2.09. The Kier molecular flexibility index (Phi) is 7.85. The smallest absolute Gasteiger partial charge is 0.0833 e. The number of rotatable bonds is 7. The van der Waals surface area contributed by atoms with Crippen LogP contribution < -0.4 is 5.32 Å². The van der Waals surface area contributed by atoms with Gasteiger partial charge in [0.15, 0.2) is 0 Å². The summed E-state index contributed by atoms with van der Waals surface area (Å²) in [6.07, 6.45) is 7.71. The molecule has 0 aromatic rings. The van der Waals surface area contributed by atoms with E-state index in [1.807, 2.05) is 13.1 Å². The number of nitrogens with zero attached hydrogens (tertiary/aromatic N) is 2. The summed E-state index contributed by atoms with van der Waals surface area (Å²) in [7, 11) is 3.77. The van der Waals surface area contributed by atoms with Crippen molar-refractivity contribution in [1.29, 1.82) is 5.41 Å². The van der Waals surface area contributed by atoms with Crippen LogP contribution in [0.15, 0.2) is 28.5 Å². The van der Waals surface area contributed by atoms with Gasteiger partial charge in [-0.25, -0.2) is 0 Å². The second-order valence-corrected chi connectivity index (χ2v) is 3.61. The molecule has 0 aliphatic rings. The first-order valence-corrected chi connectivity index (χ1v) is 5.38. The Balaban J connectivity index is 4.50. The Bertz CT molecular complexity index is 289. The zero-order valence-electron chi connectivity index (χ0n) is 10.6. The predicted molar refractivity (Wildman–Crippen MR) is 71.1 cm³/mol. The van der Waals surface area contributed by atoms with Gasteiger partial charge in [-0.05, 0) is 26.1 Å². The fraction of sp³-hybridized carbons (Fsp3) is 0.500. The summed E-state index contributed by atoms with van der Waals surface area (Å²) in [6, 6.07) is 0. The van der Waals surface area contributed by atoms with Crippen molar-refractivity contribution in [3.8, 4) is 0 Å². The van der Waals surface area contributed by atoms with E-state index < -0.39 is 0 Å². The number of hydrogen-bond acceptors (Lipinski definition) is 3. The fourth-order valence-corrected chi connectivity index (χ4v) is 1.23. The van der Waals surface area contributed by atoms with Crippen molar-refractivity contribution in [1.82, 2.24) is 10.2 Å². The van der Waals surface area contributed by atoms with Crippen LogP contribution in [0, 0.1) is 5.41 Å². The van der Waals surface area contributed by atoms with Gasteiger partial charge in [0.05, 0.1) is 6.34 Å². The Morgan fingerprint density at radius 3 is 2.69 bits per heavy atom. The standard InChI is InChI=1S/C12H22N4/c1-5-16(4)9-11(2)8-12(15-10-13)6-7-14-3/h6-7,9-10H,5,8H2,1-4H3,(H2,13,15)/b11-9-,12-6?,14-7?. The summed E-state index contributed by atoms with van der Waals surface area (Å²) < 4.78 is 0. The minimum absolute atomic E-state index is 0.797. The average molecular weight is 222 g/mol. The number of aliphatic imine (C=N–C) groups is 1. The number of hydrogen-bond donors (Lipinski definition) is 2. The Labute approximate surface area is 98.3 Å². The minimum atomic E-state index is 0.797. The highest BCUT2D eigenvalue weighted by Gasteiger charge is 1.97. The van der Waals surface area contributed by atoms with E-state index in [1.54, 1.807) is 13.3 Å². The molecule has 4 nitrogen and oxygen atoms in total. The number of allylic oxidation sites excluding steroid dienone is 2. The molecular formula is C12H22N4. The molecule has 16 heavy (non-hydrogen) atoms. The topological polar surface area (TPSA) is 51.5 Å². The molecule has 0 saturated heterocycles. The van der Waals surface area contributed by atoms with Crippen LogP contribution in [0.5, 0.6) is 0 Å². The average Bonchev–Trinajstić information content (AvgIpc) is 2.25. The monoisotopic (exact) mass is 222 g/mol. The maximum Gasteiger partial charge on any atom is 0.0833 e. The SMILES string of the molecule is CCN(C)/C=C(/C)CC(=CC=NC)NC=N. The van der Waals surface area contributed by atoms with E-state index in [2.05, 4.69) is 35.3 Å². The molecule has 0 aromatic heterocycles. The maximum absolute atomic E-state index is 7.04. The Morgan fingerprint density at radius 1 is 1.50 bits per heavy atom. The van der Waals surface area contributed by atoms with Crippen molar-refractivity contribution in [2.45, 2.75) is 20.3 Å². The molecule has 0 atom stereocenters. The zero-order chi connectivity index (χ0) is 12.4. The van der Waals surface area contributed by atoms with E-state index in [0.717, 1.165) is 18.7 Å². The fourth-order valence-electron chi connectivity index (χ4n) is 1.23. The van der Waals surface area contributed by atoms with Crippen LogP contribution in [-0.4, -0.2) is 38.1 Å². The van der Waals surface area contributed by atoms with E-state index in [1.165, 1.54) is 11.9 Å². The maximum atomic E-state index is 7.04. The van der Waals surface area contributed by atoms with Crippen LogP contribution in [0.1, 0.15) is 20.3 Å². The molecule has 0 rings (SSSR count). The van der Waals surface area contributed by atoms with E-state index in [9.17, 15) is 0 Å². The van der Waals surface area contributed by atoms with Gasteiger partial charge in [-0.3, -0.25) is 10.4 Å². The van der Waals surface area contributed by atoms with Gasteiger partial charge in [0.2, 0.25) is 0 Å². The van der Waals surface area contributed by atoms with E-state index >= 15 is 0 Å². The van der Waals surface area contributed by atoms with Crippen molar-refractivity contribution in [2.75, 3.05) is 20.6 Å². The van der Waals surface area contributed by atoms with Gasteiger partial charge in [0.25, 0.3) is 0 Å². The van der Waals surface area contributed by atoms with Gasteiger partial charge in [0, 0.05) is 39.0 Å². The first-order valence-electron chi connectivity index (χ1n) is 5.38. The van der Waals surface area contributed by atoms with Gasteiger partial charge >= 0.3 is 0 Å². The lowest BCUT2D eigenvalue weighted by atomic mass is 10.1. The minimum Gasteiger partial charge on any atom is -0.381 e. The highest BCUT2D eigenvalue weighted by Crippen LogP contribution is 2.07. The van der Waals surface area contributed by atoms with Crippen molar-refractivity contribution in [3.63, 3.8) is 0 Å². The summed E-state index contributed by atoms with van der Waals surface area (Å²) in [6.45, 7) is 5.18. The predicted octanol–water partition coefficient (Wildman–Crippen LogP) is 2.01. The van der Waals surface area contributed by atoms with Gasteiger partial charge < -0.3 is 10.2 Å². The lowest BCUT2D eigenvalue weighted by Crippen LogP contribution is -2.13. The molecule has 0 spiro atoms. The molecule has 0 aromatic carbocycles. The third-order valence-corrected chi connectivity index (χ3v) is 2.09. The molecular weight excluding hydrogens is 200 g/mol. The molecule has 0 amide bonds. The summed E-state index contributed by atoms with van der Waals surface area (Å²) in [4.78, 5) is 6.03. The van der Waals surface area contributed by atoms with Crippen LogP contribution in [0.4, 0.5) is 0 Å². The molecule has 90 valence electrons. The highest BCUT2D eigenvalue weighted by atomic mass is 15.1. The first-order chi connectivity index (χ1) is 7.63. The second-order valence-electron chi connectivity index (χ2n) is 3.61. The normalized spacial score (nSPS) is 13.0. The van der Waals surface area contributed by atoms with Gasteiger partial charge in [-0.2, -0.15) is 0 Å². The summed E-state index contributed by atoms with van der Waals surface area (Å²) in [5, 5.41) is 9.93. The second kappa shape index (κ2) is 8.71. The van der Waals surface area contributed by atoms with Crippen LogP contribution in [0.2, 0.25) is 0 Å². The Morgan fingerprint density at radius 2 is 2.19 bits per heavy atom. The molecule has 4 heteroatoms. The largest absolute Gasteiger partial charge is 0.381 e. The first kappa shape index (κ1) is 14.4. The van der Waals surface area contributed by atoms with Crippen molar-refractivity contribution in [3.05, 3.63) is 23.5 Å². The zero-order valence-corrected chi connectivity index (χ0v) is 10.6. The van der Waals surface area contributed by atoms with Gasteiger partial charge in [0.1, 0.15) is 0 Å². The van der Waals surface area contributed by atoms with Crippen LogP contribution in [0.25, 0.3) is 0 Å². The van der Waals surface area contributed by atoms with Crippen LogP contribution >= 0.6 is 0 Å². The van der Waals surface area contributed by atoms with Crippen molar-refractivity contribution >= 4 is 12.6 Å². The van der Waals surface area contributed by atoms with E-state index in [0.29, 0.717) is 0 Å². The molecule has 0 fully saturated rings. The third kappa shape index (κ3) is 6.81. The van der Waals surface area contributed by atoms with E-state index in [4.69, 9.17) is 5.41 Å². The lowest BCUT2D eigenvalue weighted by Gasteiger charge is -2.13. The number of nitrogens with one attached hydrogen (secondary N) is 2. The highest BCUT2D eigenvalue weighted by molar-refractivity contribution is 5.73. The summed E-state index contributed by atoms with van der Waals surface area (Å²) in [5.41, 5.74) is 2.22. The van der Waals surface area contributed by atoms with Crippen molar-refractivity contribution in [2.24, 2.45) is 4.99 Å². The van der Waals surface area contributed by atoms with Crippen molar-refractivity contribution < 1.29 is 0 Å².